The first kappa shape index (κ1) is 67.5. The van der Waals surface area contributed by atoms with Crippen molar-refractivity contribution in [1.29, 1.82) is 0 Å². The normalized spacial score (nSPS) is 20.8. The Morgan fingerprint density at radius 2 is 0.941 bits per heavy atom. The van der Waals surface area contributed by atoms with Gasteiger partial charge in [0.05, 0.1) is 15.3 Å². The molecule has 0 aromatic heterocycles. The van der Waals surface area contributed by atoms with E-state index in [1.807, 2.05) is 25.9 Å². The van der Waals surface area contributed by atoms with Gasteiger partial charge in [-0.15, -0.1) is 0 Å². The van der Waals surface area contributed by atoms with Crippen molar-refractivity contribution in [3.05, 3.63) is 127 Å². The Morgan fingerprint density at radius 3 is 1.26 bits per heavy atom. The van der Waals surface area contributed by atoms with Gasteiger partial charge in [-0.25, -0.2) is 0 Å². The van der Waals surface area contributed by atoms with Crippen LogP contribution in [0.4, 0.5) is 60.5 Å². The SMILES string of the molecule is CC1(C(=O)O)CCN(c2ccc(C(C)(C)C)cc2)CC1.CN(CC1CCC(Nc2ccc([N+](=O)[O-])c(C(F)(F)F)c2)CC1)C(=O)C1(C)CCN(c2ccc(C(C)(C)C)cc2)CC1.CNCC1CCC(Nc2ccc([N+](=O)[O-])c(C(F)(F)F)c2)CC1. The number of hydrogen-bond donors (Lipinski definition) is 4. The Balaban J connectivity index is 0.000000226. The summed E-state index contributed by atoms with van der Waals surface area (Å²) in [6.07, 6.45) is 0.456. The third-order valence-corrected chi connectivity index (χ3v) is 17.8. The number of benzene rings is 4. The first-order valence-electron chi connectivity index (χ1n) is 29.7. The summed E-state index contributed by atoms with van der Waals surface area (Å²) in [5, 5.41) is 40.4. The Labute approximate surface area is 497 Å². The number of rotatable bonds is 14. The molecule has 2 aliphatic carbocycles. The van der Waals surface area contributed by atoms with Crippen molar-refractivity contribution in [2.24, 2.45) is 22.7 Å². The molecule has 0 unspecified atom stereocenters. The number of amides is 1. The number of alkyl halides is 6. The lowest BCUT2D eigenvalue weighted by molar-refractivity contribution is -0.388. The molecule has 2 saturated heterocycles. The number of nitro groups is 2. The molecule has 2 saturated carbocycles. The second-order valence-electron chi connectivity index (χ2n) is 26.4. The Kier molecular flexibility index (Phi) is 22.1. The van der Waals surface area contributed by atoms with Crippen molar-refractivity contribution in [3.63, 3.8) is 0 Å². The Bertz CT molecular complexity index is 2880. The number of aliphatic carboxylic acids is 1. The fourth-order valence-corrected chi connectivity index (χ4v) is 12.0. The molecule has 21 heteroatoms. The molecule has 4 aromatic carbocycles. The minimum absolute atomic E-state index is 0.0240. The highest BCUT2D eigenvalue weighted by molar-refractivity contribution is 5.82. The highest BCUT2D eigenvalue weighted by Gasteiger charge is 2.42. The van der Waals surface area contributed by atoms with Crippen LogP contribution in [0, 0.1) is 42.9 Å². The van der Waals surface area contributed by atoms with E-state index in [0.717, 1.165) is 121 Å². The summed E-state index contributed by atoms with van der Waals surface area (Å²) in [7, 11) is 3.78. The van der Waals surface area contributed by atoms with E-state index in [1.54, 1.807) is 0 Å². The number of nitro benzene ring substituents is 2. The number of nitrogens with one attached hydrogen (secondary N) is 3. The lowest BCUT2D eigenvalue weighted by Gasteiger charge is -2.42. The molecule has 468 valence electrons. The minimum atomic E-state index is -4.81. The van der Waals surface area contributed by atoms with Crippen molar-refractivity contribution in [3.8, 4) is 0 Å². The van der Waals surface area contributed by atoms with E-state index in [4.69, 9.17) is 0 Å². The Hall–Kier alpha value is -6.64. The average molecular weight is 1200 g/mol. The topological polar surface area (TPSA) is 186 Å². The maximum atomic E-state index is 13.5. The summed E-state index contributed by atoms with van der Waals surface area (Å²) in [6, 6.07) is 23.6. The summed E-state index contributed by atoms with van der Waals surface area (Å²) in [4.78, 5) is 51.1. The van der Waals surface area contributed by atoms with Crippen LogP contribution in [0.2, 0.25) is 0 Å². The summed E-state index contributed by atoms with van der Waals surface area (Å²) in [6.45, 7) is 22.1. The molecule has 4 N–H and O–H groups in total. The molecule has 4 aliphatic rings. The van der Waals surface area contributed by atoms with Gasteiger partial charge in [0.15, 0.2) is 0 Å². The van der Waals surface area contributed by atoms with Crippen molar-refractivity contribution in [2.45, 2.75) is 168 Å². The second kappa shape index (κ2) is 27.8. The van der Waals surface area contributed by atoms with Gasteiger partial charge in [-0.1, -0.05) is 72.7 Å². The number of piperidine rings is 2. The predicted octanol–water partition coefficient (Wildman–Crippen LogP) is 15.1. The maximum Gasteiger partial charge on any atom is 0.423 e. The fourth-order valence-electron chi connectivity index (χ4n) is 12.0. The zero-order chi connectivity index (χ0) is 62.9. The lowest BCUT2D eigenvalue weighted by Crippen LogP contribution is -2.49. The largest absolute Gasteiger partial charge is 0.481 e. The molecule has 1 amide bonds. The molecule has 8 rings (SSSR count). The number of carboxylic acids is 1. The molecule has 0 atom stereocenters. The predicted molar refractivity (Wildman–Crippen MR) is 324 cm³/mol. The van der Waals surface area contributed by atoms with E-state index in [2.05, 4.69) is 123 Å². The monoisotopic (exact) mass is 1190 g/mol. The number of carboxylic acid groups (broad SMARTS) is 1. The quantitative estimate of drug-likeness (QED) is 0.0533. The van der Waals surface area contributed by atoms with Gasteiger partial charge in [-0.2, -0.15) is 26.3 Å². The molecule has 0 radical (unpaired) electrons. The van der Waals surface area contributed by atoms with E-state index in [0.29, 0.717) is 31.2 Å². The van der Waals surface area contributed by atoms with E-state index in [-0.39, 0.29) is 40.2 Å². The van der Waals surface area contributed by atoms with Crippen LogP contribution in [0.25, 0.3) is 0 Å². The summed E-state index contributed by atoms with van der Waals surface area (Å²) >= 11 is 0. The molecule has 0 bridgehead atoms. The van der Waals surface area contributed by atoms with Crippen molar-refractivity contribution < 1.29 is 50.9 Å². The molecule has 2 heterocycles. The molecule has 4 fully saturated rings. The van der Waals surface area contributed by atoms with E-state index >= 15 is 0 Å². The average Bonchev–Trinajstić information content (AvgIpc) is 3.65. The van der Waals surface area contributed by atoms with Crippen LogP contribution in [-0.2, 0) is 32.8 Å². The van der Waals surface area contributed by atoms with Crippen LogP contribution in [0.5, 0.6) is 0 Å². The van der Waals surface area contributed by atoms with Crippen LogP contribution in [0.1, 0.15) is 155 Å². The number of hydrogen-bond acceptors (Lipinski definition) is 11. The van der Waals surface area contributed by atoms with E-state index < -0.39 is 61.5 Å². The maximum absolute atomic E-state index is 13.5. The van der Waals surface area contributed by atoms with E-state index in [1.165, 1.54) is 34.6 Å². The van der Waals surface area contributed by atoms with Crippen LogP contribution < -0.4 is 25.8 Å². The van der Waals surface area contributed by atoms with Crippen molar-refractivity contribution >= 4 is 46.0 Å². The summed E-state index contributed by atoms with van der Waals surface area (Å²) in [5.74, 6) is 0.432. The highest BCUT2D eigenvalue weighted by Crippen LogP contribution is 2.42. The standard InChI is InChI=1S/C32H43F3N4O3.C17H25NO2.C15H20F3N3O2/c1-30(2,3)23-8-13-26(14-9-23)38-18-16-31(4,17-19-38)29(40)37(5)21-22-6-10-24(11-7-22)36-25-12-15-28(39(41)42)27(20-25)32(33,34)35;1-16(2,3)13-5-7-14(8-6-13)18-11-9-17(4,10-12-18)15(19)20;1-19-9-10-2-4-11(5-3-10)20-12-6-7-14(21(22)23)13(8-12)15(16,17)18/h8-9,12-15,20,22,24,36H,6-7,10-11,16-19,21H2,1-5H3;5-8H,9-12H2,1-4H3,(H,19,20);6-8,10-11,19-20H,2-5,9H2,1H3. The van der Waals surface area contributed by atoms with Gasteiger partial charge < -0.3 is 35.8 Å². The summed E-state index contributed by atoms with van der Waals surface area (Å²) < 4.78 is 78.9. The third kappa shape index (κ3) is 18.4. The minimum Gasteiger partial charge on any atom is -0.481 e. The first-order valence-corrected chi connectivity index (χ1v) is 29.7. The first-order chi connectivity index (χ1) is 39.6. The van der Waals surface area contributed by atoms with Crippen molar-refractivity contribution in [1.82, 2.24) is 10.2 Å². The second-order valence-corrected chi connectivity index (χ2v) is 26.4. The molecular formula is C64H88F6N8O7. The van der Waals surface area contributed by atoms with E-state index in [9.17, 15) is 61.3 Å². The zero-order valence-corrected chi connectivity index (χ0v) is 51.0. The van der Waals surface area contributed by atoms with Gasteiger partial charge in [0.2, 0.25) is 5.91 Å². The Morgan fingerprint density at radius 1 is 0.588 bits per heavy atom. The molecule has 15 nitrogen and oxygen atoms in total. The van der Waals surface area contributed by atoms with Gasteiger partial charge in [-0.3, -0.25) is 29.8 Å². The van der Waals surface area contributed by atoms with Gasteiger partial charge in [0.1, 0.15) is 11.1 Å². The zero-order valence-electron chi connectivity index (χ0n) is 51.0. The smallest absolute Gasteiger partial charge is 0.423 e. The highest BCUT2D eigenvalue weighted by atomic mass is 19.4. The number of anilines is 4. The third-order valence-electron chi connectivity index (χ3n) is 17.8. The van der Waals surface area contributed by atoms with Crippen LogP contribution in [0.3, 0.4) is 0 Å². The van der Waals surface area contributed by atoms with Crippen LogP contribution >= 0.6 is 0 Å². The molecule has 2 aliphatic heterocycles. The van der Waals surface area contributed by atoms with Gasteiger partial charge in [0.25, 0.3) is 11.4 Å². The van der Waals surface area contributed by atoms with Crippen LogP contribution in [0.15, 0.2) is 84.9 Å². The molecule has 0 spiro atoms. The van der Waals surface area contributed by atoms with Crippen LogP contribution in [-0.4, -0.2) is 97.2 Å². The van der Waals surface area contributed by atoms with Crippen molar-refractivity contribution in [2.75, 3.05) is 73.8 Å². The number of nitrogens with zero attached hydrogens (tertiary/aromatic N) is 5. The van der Waals surface area contributed by atoms with Gasteiger partial charge >= 0.3 is 18.3 Å². The number of halogens is 6. The molecule has 85 heavy (non-hydrogen) atoms. The molecular weight excluding hydrogens is 1110 g/mol. The number of carbonyl (C=O) groups is 2. The number of carbonyl (C=O) groups excluding carboxylic acids is 1. The fraction of sp³-hybridized carbons (Fsp3) is 0.594. The lowest BCUT2D eigenvalue weighted by atomic mass is 9.78. The summed E-state index contributed by atoms with van der Waals surface area (Å²) in [5.41, 5.74) is 0.536. The van der Waals surface area contributed by atoms with Gasteiger partial charge in [0, 0.05) is 92.2 Å². The van der Waals surface area contributed by atoms with Gasteiger partial charge in [-0.05, 0) is 180 Å². The molecule has 4 aromatic rings.